The lowest BCUT2D eigenvalue weighted by atomic mass is 10.0. The highest BCUT2D eigenvalue weighted by molar-refractivity contribution is 7.00. The normalized spacial score (nSPS) is 24.3. The second-order valence-electron chi connectivity index (χ2n) is 10.4. The van der Waals surface area contributed by atoms with Gasteiger partial charge in [-0.05, 0) is 30.7 Å². The van der Waals surface area contributed by atoms with Crippen LogP contribution in [-0.4, -0.2) is 106 Å². The number of hydrogen-bond donors (Lipinski definition) is 3. The van der Waals surface area contributed by atoms with Gasteiger partial charge in [-0.1, -0.05) is 30.3 Å². The number of nitrogens with zero attached hydrogens (tertiary/aromatic N) is 4. The van der Waals surface area contributed by atoms with E-state index < -0.39 is 47.9 Å². The van der Waals surface area contributed by atoms with Crippen LogP contribution in [0, 0.1) is 0 Å². The molecule has 3 heterocycles. The molecule has 1 aromatic heterocycles. The van der Waals surface area contributed by atoms with Crippen LogP contribution in [0.25, 0.3) is 11.0 Å². The smallest absolute Gasteiger partial charge is 0.254 e. The van der Waals surface area contributed by atoms with E-state index in [9.17, 15) is 24.0 Å². The highest BCUT2D eigenvalue weighted by Gasteiger charge is 2.37. The van der Waals surface area contributed by atoms with E-state index in [1.54, 1.807) is 18.2 Å². The van der Waals surface area contributed by atoms with Gasteiger partial charge < -0.3 is 30.5 Å². The Hall–Kier alpha value is -4.43. The van der Waals surface area contributed by atoms with Gasteiger partial charge in [-0.15, -0.1) is 0 Å². The SMILES string of the molecule is C[C@H]1NC(=O)CN(C)C(=O)[C@@H](Cc2ccccc2)NC(=O)[C@H]2CN(C(=O)c3ccc4nsnc4c3)C[C@H](CNC1=O)O2. The summed E-state index contributed by atoms with van der Waals surface area (Å²) in [5.74, 6) is -2.40. The molecule has 0 aliphatic carbocycles. The van der Waals surface area contributed by atoms with Crippen LogP contribution in [0.2, 0.25) is 0 Å². The third-order valence-corrected chi connectivity index (χ3v) is 7.73. The molecule has 2 aliphatic heterocycles. The van der Waals surface area contributed by atoms with Crippen LogP contribution in [0.4, 0.5) is 0 Å². The number of carbonyl (C=O) groups is 5. The van der Waals surface area contributed by atoms with Gasteiger partial charge in [0.15, 0.2) is 6.10 Å². The summed E-state index contributed by atoms with van der Waals surface area (Å²) >= 11 is 1.05. The monoisotopic (exact) mass is 593 g/mol. The number of carbonyl (C=O) groups excluding carboxylic acids is 5. The first-order chi connectivity index (χ1) is 20.2. The molecule has 0 spiro atoms. The van der Waals surface area contributed by atoms with Gasteiger partial charge in [-0.3, -0.25) is 24.0 Å². The summed E-state index contributed by atoms with van der Waals surface area (Å²) in [6, 6.07) is 12.3. The molecule has 3 N–H and O–H groups in total. The molecule has 5 rings (SSSR count). The number of hydrogen-bond acceptors (Lipinski definition) is 9. The summed E-state index contributed by atoms with van der Waals surface area (Å²) in [4.78, 5) is 68.7. The molecular formula is C28H31N7O6S. The minimum atomic E-state index is -1.12. The quantitative estimate of drug-likeness (QED) is 0.374. The molecule has 42 heavy (non-hydrogen) atoms. The summed E-state index contributed by atoms with van der Waals surface area (Å²) in [5.41, 5.74) is 2.45. The molecule has 220 valence electrons. The zero-order valence-electron chi connectivity index (χ0n) is 23.1. The van der Waals surface area contributed by atoms with Gasteiger partial charge in [0.2, 0.25) is 17.7 Å². The highest BCUT2D eigenvalue weighted by Crippen LogP contribution is 2.19. The Morgan fingerprint density at radius 1 is 1.00 bits per heavy atom. The molecule has 0 unspecified atom stereocenters. The Morgan fingerprint density at radius 2 is 1.76 bits per heavy atom. The first kappa shape index (κ1) is 29.1. The van der Waals surface area contributed by atoms with Crippen molar-refractivity contribution >= 4 is 52.3 Å². The number of rotatable bonds is 3. The van der Waals surface area contributed by atoms with E-state index in [2.05, 4.69) is 24.7 Å². The standard InChI is InChI=1S/C28H31N7O6S/c1-16-25(37)29-12-19-13-35(27(39)18-8-9-20-21(11-18)33-42-32-20)14-23(41-19)26(38)31-22(10-17-6-4-3-5-7-17)28(40)34(2)15-24(36)30-16/h3-9,11,16,19,22-23H,10,12-15H2,1-2H3,(H,29,37)(H,30,36)(H,31,38)/t16-,19+,22-,23-/m1/s1. The van der Waals surface area contributed by atoms with Gasteiger partial charge in [0.05, 0.1) is 30.9 Å². The Kier molecular flexibility index (Phi) is 8.73. The van der Waals surface area contributed by atoms with Crippen molar-refractivity contribution in [3.63, 3.8) is 0 Å². The number of likely N-dealkylation sites (N-methyl/N-ethyl adjacent to an activating group) is 1. The number of fused-ring (bicyclic) bond motifs is 3. The summed E-state index contributed by atoms with van der Waals surface area (Å²) < 4.78 is 14.4. The van der Waals surface area contributed by atoms with Crippen molar-refractivity contribution in [1.82, 2.24) is 34.5 Å². The number of nitrogens with one attached hydrogen (secondary N) is 3. The summed E-state index contributed by atoms with van der Waals surface area (Å²) in [6.07, 6.45) is -1.67. The minimum absolute atomic E-state index is 0.00603. The van der Waals surface area contributed by atoms with Crippen LogP contribution < -0.4 is 16.0 Å². The first-order valence-corrected chi connectivity index (χ1v) is 14.2. The van der Waals surface area contributed by atoms with E-state index in [4.69, 9.17) is 4.74 Å². The van der Waals surface area contributed by atoms with E-state index in [0.29, 0.717) is 16.6 Å². The van der Waals surface area contributed by atoms with Gasteiger partial charge in [-0.2, -0.15) is 8.75 Å². The van der Waals surface area contributed by atoms with E-state index in [1.165, 1.54) is 23.8 Å². The number of aromatic nitrogens is 2. The summed E-state index contributed by atoms with van der Waals surface area (Å²) in [6.45, 7) is 1.25. The van der Waals surface area contributed by atoms with Gasteiger partial charge in [-0.25, -0.2) is 0 Å². The minimum Gasteiger partial charge on any atom is -0.360 e. The fourth-order valence-corrected chi connectivity index (χ4v) is 5.47. The molecular weight excluding hydrogens is 562 g/mol. The van der Waals surface area contributed by atoms with Gasteiger partial charge in [0.25, 0.3) is 11.8 Å². The lowest BCUT2D eigenvalue weighted by molar-refractivity contribution is -0.148. The maximum atomic E-state index is 13.6. The molecule has 0 saturated carbocycles. The highest BCUT2D eigenvalue weighted by atomic mass is 32.1. The first-order valence-electron chi connectivity index (χ1n) is 13.5. The fraction of sp³-hybridized carbons (Fsp3) is 0.393. The fourth-order valence-electron chi connectivity index (χ4n) is 4.95. The molecule has 5 amide bonds. The lowest BCUT2D eigenvalue weighted by Crippen LogP contribution is -2.59. The van der Waals surface area contributed by atoms with Crippen molar-refractivity contribution in [1.29, 1.82) is 0 Å². The van der Waals surface area contributed by atoms with Crippen molar-refractivity contribution in [3.05, 3.63) is 59.7 Å². The van der Waals surface area contributed by atoms with Gasteiger partial charge >= 0.3 is 0 Å². The molecule has 2 saturated heterocycles. The van der Waals surface area contributed by atoms with Crippen molar-refractivity contribution in [2.24, 2.45) is 0 Å². The van der Waals surface area contributed by atoms with Crippen LogP contribution in [0.3, 0.4) is 0 Å². The zero-order valence-corrected chi connectivity index (χ0v) is 23.9. The topological polar surface area (TPSA) is 163 Å². The van der Waals surface area contributed by atoms with Crippen LogP contribution in [-0.2, 0) is 30.3 Å². The molecule has 2 bridgehead atoms. The molecule has 2 aliphatic rings. The van der Waals surface area contributed by atoms with E-state index in [0.717, 1.165) is 17.3 Å². The third-order valence-electron chi connectivity index (χ3n) is 7.18. The second-order valence-corrected chi connectivity index (χ2v) is 10.9. The number of ether oxygens (including phenoxy) is 1. The third kappa shape index (κ3) is 6.71. The van der Waals surface area contributed by atoms with Crippen LogP contribution in [0.15, 0.2) is 48.5 Å². The second kappa shape index (κ2) is 12.6. The maximum absolute atomic E-state index is 13.6. The zero-order chi connectivity index (χ0) is 29.8. The number of benzene rings is 2. The van der Waals surface area contributed by atoms with Gasteiger partial charge in [0.1, 0.15) is 23.1 Å². The van der Waals surface area contributed by atoms with Crippen LogP contribution in [0.1, 0.15) is 22.8 Å². The Bertz CT molecular complexity index is 1500. The van der Waals surface area contributed by atoms with Crippen LogP contribution in [0.5, 0.6) is 0 Å². The molecule has 4 atom stereocenters. The van der Waals surface area contributed by atoms with Crippen molar-refractivity contribution in [3.8, 4) is 0 Å². The van der Waals surface area contributed by atoms with Crippen molar-refractivity contribution in [2.75, 3.05) is 33.2 Å². The Balaban J connectivity index is 1.43. The predicted molar refractivity (Wildman–Crippen MR) is 152 cm³/mol. The molecule has 0 radical (unpaired) electrons. The van der Waals surface area contributed by atoms with Gasteiger partial charge in [0, 0.05) is 32.1 Å². The summed E-state index contributed by atoms with van der Waals surface area (Å²) in [7, 11) is 1.46. The van der Waals surface area contributed by atoms with Crippen molar-refractivity contribution in [2.45, 2.75) is 37.6 Å². The average Bonchev–Trinajstić information content (AvgIpc) is 3.46. The molecule has 3 aromatic rings. The van der Waals surface area contributed by atoms with Crippen LogP contribution >= 0.6 is 11.7 Å². The number of amides is 5. The molecule has 14 heteroatoms. The maximum Gasteiger partial charge on any atom is 0.254 e. The largest absolute Gasteiger partial charge is 0.360 e. The lowest BCUT2D eigenvalue weighted by Gasteiger charge is -2.38. The van der Waals surface area contributed by atoms with Crippen molar-refractivity contribution < 1.29 is 28.7 Å². The average molecular weight is 594 g/mol. The predicted octanol–water partition coefficient (Wildman–Crippen LogP) is -0.279. The van der Waals surface area contributed by atoms with E-state index in [-0.39, 0.29) is 38.5 Å². The van der Waals surface area contributed by atoms with E-state index >= 15 is 0 Å². The Morgan fingerprint density at radius 3 is 2.55 bits per heavy atom. The molecule has 13 nitrogen and oxygen atoms in total. The summed E-state index contributed by atoms with van der Waals surface area (Å²) in [5, 5.41) is 8.11. The van der Waals surface area contributed by atoms with E-state index in [1.807, 2.05) is 30.3 Å². The molecule has 2 aromatic carbocycles. The number of morpholine rings is 1. The molecule has 2 fully saturated rings. The Labute approximate surface area is 245 Å².